The molecule has 0 radical (unpaired) electrons. The second-order valence-electron chi connectivity index (χ2n) is 5.31. The van der Waals surface area contributed by atoms with Gasteiger partial charge in [-0.1, -0.05) is 13.8 Å². The summed E-state index contributed by atoms with van der Waals surface area (Å²) in [6, 6.07) is 3.29. The Morgan fingerprint density at radius 2 is 2.11 bits per heavy atom. The number of fused-ring (bicyclic) bond motifs is 1. The maximum Gasteiger partial charge on any atom is 0.304 e. The van der Waals surface area contributed by atoms with Crippen molar-refractivity contribution in [3.8, 4) is 0 Å². The van der Waals surface area contributed by atoms with Crippen LogP contribution in [-0.4, -0.2) is 16.1 Å². The van der Waals surface area contributed by atoms with Crippen LogP contribution in [0.5, 0.6) is 0 Å². The molecule has 2 rings (SSSR count). The predicted molar refractivity (Wildman–Crippen MR) is 68.3 cm³/mol. The maximum absolute atomic E-state index is 13.9. The number of aryl methyl sites for hydroxylation is 1. The highest BCUT2D eigenvalue weighted by Gasteiger charge is 2.25. The Morgan fingerprint density at radius 1 is 1.44 bits per heavy atom. The van der Waals surface area contributed by atoms with Gasteiger partial charge in [0.25, 0.3) is 0 Å². The van der Waals surface area contributed by atoms with Gasteiger partial charge >= 0.3 is 5.97 Å². The van der Waals surface area contributed by atoms with Gasteiger partial charge in [0.1, 0.15) is 5.82 Å². The molecule has 4 heteroatoms. The van der Waals surface area contributed by atoms with Gasteiger partial charge in [0, 0.05) is 17.0 Å². The van der Waals surface area contributed by atoms with Crippen LogP contribution in [0.25, 0.3) is 10.9 Å². The van der Waals surface area contributed by atoms with Crippen molar-refractivity contribution in [2.24, 2.45) is 0 Å². The Labute approximate surface area is 105 Å². The molecular weight excluding hydrogens is 233 g/mol. The number of H-pyrrole nitrogens is 1. The Bertz CT molecular complexity index is 614. The molecule has 1 heterocycles. The van der Waals surface area contributed by atoms with Crippen LogP contribution in [0.3, 0.4) is 0 Å². The second kappa shape index (κ2) is 4.12. The van der Waals surface area contributed by atoms with Crippen LogP contribution >= 0.6 is 0 Å². The van der Waals surface area contributed by atoms with Crippen LogP contribution in [0.15, 0.2) is 18.3 Å². The van der Waals surface area contributed by atoms with Crippen molar-refractivity contribution in [2.45, 2.75) is 32.6 Å². The molecule has 0 aliphatic carbocycles. The molecule has 18 heavy (non-hydrogen) atoms. The number of aromatic nitrogens is 1. The van der Waals surface area contributed by atoms with Crippen molar-refractivity contribution in [1.82, 2.24) is 4.98 Å². The first-order chi connectivity index (χ1) is 8.31. The molecule has 0 amide bonds. The molecule has 0 spiro atoms. The van der Waals surface area contributed by atoms with E-state index in [2.05, 4.69) is 4.98 Å². The summed E-state index contributed by atoms with van der Waals surface area (Å²) in [7, 11) is 0. The molecule has 0 saturated heterocycles. The minimum Gasteiger partial charge on any atom is -0.481 e. The average molecular weight is 249 g/mol. The molecule has 0 saturated carbocycles. The van der Waals surface area contributed by atoms with Crippen LogP contribution < -0.4 is 0 Å². The third-order valence-electron chi connectivity index (χ3n) is 3.32. The lowest BCUT2D eigenvalue weighted by Crippen LogP contribution is -2.21. The van der Waals surface area contributed by atoms with E-state index in [1.54, 1.807) is 6.20 Å². The second-order valence-corrected chi connectivity index (χ2v) is 5.31. The molecule has 1 aromatic heterocycles. The van der Waals surface area contributed by atoms with Crippen LogP contribution in [0.1, 0.15) is 31.4 Å². The lowest BCUT2D eigenvalue weighted by Gasteiger charge is -2.23. The van der Waals surface area contributed by atoms with Gasteiger partial charge in [0.15, 0.2) is 0 Å². The van der Waals surface area contributed by atoms with Gasteiger partial charge in [0.05, 0.1) is 11.9 Å². The van der Waals surface area contributed by atoms with E-state index in [1.165, 1.54) is 6.07 Å². The molecule has 0 unspecified atom stereocenters. The van der Waals surface area contributed by atoms with Gasteiger partial charge in [-0.3, -0.25) is 4.79 Å². The van der Waals surface area contributed by atoms with Crippen LogP contribution in [-0.2, 0) is 10.2 Å². The summed E-state index contributed by atoms with van der Waals surface area (Å²) in [5, 5.41) is 9.72. The summed E-state index contributed by atoms with van der Waals surface area (Å²) in [5.74, 6) is -1.22. The van der Waals surface area contributed by atoms with Crippen LogP contribution in [0.4, 0.5) is 4.39 Å². The minimum absolute atomic E-state index is 0.0264. The number of carbonyl (C=O) groups is 1. The Morgan fingerprint density at radius 3 is 2.72 bits per heavy atom. The first-order valence-corrected chi connectivity index (χ1v) is 5.81. The Kier molecular flexibility index (Phi) is 2.89. The fourth-order valence-electron chi connectivity index (χ4n) is 2.19. The normalized spacial score (nSPS) is 12.0. The quantitative estimate of drug-likeness (QED) is 0.876. The first-order valence-electron chi connectivity index (χ1n) is 5.81. The number of hydrogen-bond acceptors (Lipinski definition) is 1. The zero-order valence-corrected chi connectivity index (χ0v) is 10.7. The van der Waals surface area contributed by atoms with E-state index in [-0.39, 0.29) is 12.2 Å². The average Bonchev–Trinajstić information content (AvgIpc) is 2.59. The van der Waals surface area contributed by atoms with Gasteiger partial charge in [-0.2, -0.15) is 0 Å². The van der Waals surface area contributed by atoms with E-state index >= 15 is 0 Å². The highest BCUT2D eigenvalue weighted by molar-refractivity contribution is 5.84. The third-order valence-corrected chi connectivity index (χ3v) is 3.32. The van der Waals surface area contributed by atoms with Gasteiger partial charge in [-0.25, -0.2) is 4.39 Å². The molecule has 96 valence electrons. The topological polar surface area (TPSA) is 53.1 Å². The highest BCUT2D eigenvalue weighted by atomic mass is 19.1. The summed E-state index contributed by atoms with van der Waals surface area (Å²) in [6.07, 6.45) is 1.73. The van der Waals surface area contributed by atoms with E-state index in [0.29, 0.717) is 11.1 Å². The van der Waals surface area contributed by atoms with Crippen molar-refractivity contribution >= 4 is 16.9 Å². The molecule has 0 fully saturated rings. The molecule has 0 aliphatic heterocycles. The molecular formula is C14H16FNO2. The number of hydrogen-bond donors (Lipinski definition) is 2. The number of rotatable bonds is 3. The zero-order chi connectivity index (χ0) is 13.5. The van der Waals surface area contributed by atoms with Gasteiger partial charge in [0.2, 0.25) is 0 Å². The third kappa shape index (κ3) is 2.10. The van der Waals surface area contributed by atoms with E-state index in [0.717, 1.165) is 10.9 Å². The summed E-state index contributed by atoms with van der Waals surface area (Å²) in [5.41, 5.74) is 1.54. The standard InChI is InChI=1S/C14H16FNO2/c1-8-7-16-13-10(8)4-9(5-11(13)15)14(2,3)6-12(17)18/h4-5,7,16H,6H2,1-3H3,(H,17,18). The van der Waals surface area contributed by atoms with Gasteiger partial charge < -0.3 is 10.1 Å². The number of aromatic amines is 1. The maximum atomic E-state index is 13.9. The van der Waals surface area contributed by atoms with E-state index in [9.17, 15) is 9.18 Å². The summed E-state index contributed by atoms with van der Waals surface area (Å²) >= 11 is 0. The lowest BCUT2D eigenvalue weighted by molar-refractivity contribution is -0.138. The van der Waals surface area contributed by atoms with Crippen molar-refractivity contribution in [3.05, 3.63) is 35.3 Å². The first kappa shape index (κ1) is 12.6. The minimum atomic E-state index is -0.883. The fourth-order valence-corrected chi connectivity index (χ4v) is 2.19. The monoisotopic (exact) mass is 249 g/mol. The molecule has 3 nitrogen and oxygen atoms in total. The summed E-state index contributed by atoms with van der Waals surface area (Å²) in [4.78, 5) is 13.7. The van der Waals surface area contributed by atoms with E-state index < -0.39 is 11.4 Å². The molecule has 1 aromatic carbocycles. The highest BCUT2D eigenvalue weighted by Crippen LogP contribution is 2.32. The molecule has 2 N–H and O–H groups in total. The molecule has 0 atom stereocenters. The van der Waals surface area contributed by atoms with Crippen LogP contribution in [0, 0.1) is 12.7 Å². The lowest BCUT2D eigenvalue weighted by atomic mass is 9.81. The summed E-state index contributed by atoms with van der Waals surface area (Å²) in [6.45, 7) is 5.51. The van der Waals surface area contributed by atoms with Gasteiger partial charge in [-0.05, 0) is 30.2 Å². The van der Waals surface area contributed by atoms with Gasteiger partial charge in [-0.15, -0.1) is 0 Å². The molecule has 0 bridgehead atoms. The van der Waals surface area contributed by atoms with Crippen molar-refractivity contribution in [1.29, 1.82) is 0 Å². The number of halogens is 1. The summed E-state index contributed by atoms with van der Waals surface area (Å²) < 4.78 is 13.9. The zero-order valence-electron chi connectivity index (χ0n) is 10.7. The van der Waals surface area contributed by atoms with Crippen molar-refractivity contribution in [2.75, 3.05) is 0 Å². The van der Waals surface area contributed by atoms with Crippen LogP contribution in [0.2, 0.25) is 0 Å². The predicted octanol–water partition coefficient (Wildman–Crippen LogP) is 3.37. The Hall–Kier alpha value is -1.84. The number of benzene rings is 1. The smallest absolute Gasteiger partial charge is 0.304 e. The fraction of sp³-hybridized carbons (Fsp3) is 0.357. The van der Waals surface area contributed by atoms with Crippen molar-refractivity contribution < 1.29 is 14.3 Å². The number of nitrogens with one attached hydrogen (secondary N) is 1. The number of carboxylic acid groups (broad SMARTS) is 1. The largest absolute Gasteiger partial charge is 0.481 e. The van der Waals surface area contributed by atoms with Crippen molar-refractivity contribution in [3.63, 3.8) is 0 Å². The number of carboxylic acids is 1. The molecule has 0 aliphatic rings. The van der Waals surface area contributed by atoms with E-state index in [1.807, 2.05) is 26.8 Å². The molecule has 2 aromatic rings. The number of aliphatic carboxylic acids is 1. The van der Waals surface area contributed by atoms with E-state index in [4.69, 9.17) is 5.11 Å². The SMILES string of the molecule is Cc1c[nH]c2c(F)cc(C(C)(C)CC(=O)O)cc12. The Balaban J connectivity index is 2.58.